The lowest BCUT2D eigenvalue weighted by atomic mass is 9.85. The van der Waals surface area contributed by atoms with Gasteiger partial charge in [-0.3, -0.25) is 33.6 Å². The van der Waals surface area contributed by atoms with Crippen molar-refractivity contribution >= 4 is 65.4 Å². The molecule has 0 saturated carbocycles. The Balaban J connectivity index is 0.000000832. The zero-order valence-electron chi connectivity index (χ0n) is 37.7. The summed E-state index contributed by atoms with van der Waals surface area (Å²) in [6, 6.07) is 13.0. The summed E-state index contributed by atoms with van der Waals surface area (Å²) >= 11 is 11.2. The smallest absolute Gasteiger partial charge is 0.245 e. The number of halogens is 2. The van der Waals surface area contributed by atoms with E-state index in [4.69, 9.17) is 23.6 Å². The van der Waals surface area contributed by atoms with Crippen molar-refractivity contribution in [3.05, 3.63) is 71.3 Å². The number of carbonyl (C=O) groups excluding carboxylic acids is 7. The van der Waals surface area contributed by atoms with E-state index in [1.54, 1.807) is 39.5 Å². The van der Waals surface area contributed by atoms with Gasteiger partial charge in [0.05, 0.1) is 24.2 Å². The third-order valence-corrected chi connectivity index (χ3v) is 11.9. The van der Waals surface area contributed by atoms with Crippen LogP contribution >= 0.6 is 23.6 Å². The molecule has 4 rings (SSSR count). The molecule has 8 N–H and O–H groups in total. The van der Waals surface area contributed by atoms with Crippen molar-refractivity contribution in [1.29, 1.82) is 0 Å². The SMILES string of the molecule is CC(C)C(NC(=O)[C@H](C)NCl)C(=O)N1CC[C@H](NC(=O)CC[C@@H](NC(=O)C(NC(=O)[C@@H](C)NCl)C(C)(C)C)C(=O)NC2CCCc3ccccc32)C1.CC(NC=O)c1ccccc1. The van der Waals surface area contributed by atoms with Crippen molar-refractivity contribution in [2.24, 2.45) is 11.3 Å². The zero-order valence-corrected chi connectivity index (χ0v) is 39.2. The van der Waals surface area contributed by atoms with Crippen molar-refractivity contribution in [1.82, 2.24) is 46.5 Å². The fourth-order valence-electron chi connectivity index (χ4n) is 7.32. The lowest BCUT2D eigenvalue weighted by Crippen LogP contribution is -2.59. The monoisotopic (exact) mass is 915 g/mol. The topological polar surface area (TPSA) is 219 Å². The molecule has 0 aromatic heterocycles. The highest BCUT2D eigenvalue weighted by molar-refractivity contribution is 6.15. The van der Waals surface area contributed by atoms with E-state index < -0.39 is 59.3 Å². The number of hydrogen-bond donors (Lipinski definition) is 8. The van der Waals surface area contributed by atoms with E-state index in [2.05, 4.69) is 41.6 Å². The second-order valence-electron chi connectivity index (χ2n) is 17.7. The fourth-order valence-corrected chi connectivity index (χ4v) is 7.52. The Hall–Kier alpha value is -4.77. The van der Waals surface area contributed by atoms with Gasteiger partial charge in [-0.2, -0.15) is 0 Å². The highest BCUT2D eigenvalue weighted by Gasteiger charge is 2.38. The van der Waals surface area contributed by atoms with Gasteiger partial charge < -0.3 is 36.8 Å². The molecule has 18 heteroatoms. The van der Waals surface area contributed by atoms with Crippen molar-refractivity contribution in [2.75, 3.05) is 13.1 Å². The van der Waals surface area contributed by atoms with Gasteiger partial charge in [0, 0.05) is 25.6 Å². The lowest BCUT2D eigenvalue weighted by Gasteiger charge is -2.33. The normalized spacial score (nSPS) is 18.7. The van der Waals surface area contributed by atoms with Crippen LogP contribution in [0.2, 0.25) is 0 Å². The van der Waals surface area contributed by atoms with Crippen LogP contribution in [-0.2, 0) is 40.0 Å². The zero-order chi connectivity index (χ0) is 46.9. The Morgan fingerprint density at radius 2 is 1.40 bits per heavy atom. The lowest BCUT2D eigenvalue weighted by molar-refractivity contribution is -0.137. The van der Waals surface area contributed by atoms with Crippen LogP contribution in [0.25, 0.3) is 0 Å². The minimum Gasteiger partial charge on any atom is -0.352 e. The minimum absolute atomic E-state index is 0.00810. The summed E-state index contributed by atoms with van der Waals surface area (Å²) in [6.45, 7) is 14.8. The summed E-state index contributed by atoms with van der Waals surface area (Å²) in [6.07, 6.45) is 3.67. The number of benzene rings is 2. The van der Waals surface area contributed by atoms with Gasteiger partial charge in [0.15, 0.2) is 0 Å². The third-order valence-electron chi connectivity index (χ3n) is 11.2. The number of nitrogens with one attached hydrogen (secondary N) is 8. The van der Waals surface area contributed by atoms with E-state index in [-0.39, 0.29) is 55.2 Å². The molecule has 0 spiro atoms. The number of amides is 7. The highest BCUT2D eigenvalue weighted by atomic mass is 35.5. The minimum atomic E-state index is -1.08. The summed E-state index contributed by atoms with van der Waals surface area (Å²) < 4.78 is 0. The molecule has 348 valence electrons. The summed E-state index contributed by atoms with van der Waals surface area (Å²) in [5, 5.41) is 17.1. The maximum Gasteiger partial charge on any atom is 0.245 e. The molecule has 2 aliphatic rings. The molecule has 2 aromatic rings. The Bertz CT molecular complexity index is 1850. The number of likely N-dealkylation sites (tertiary alicyclic amines) is 1. The number of nitrogens with zero attached hydrogens (tertiary/aromatic N) is 1. The Morgan fingerprint density at radius 1 is 0.778 bits per heavy atom. The van der Waals surface area contributed by atoms with Crippen molar-refractivity contribution in [2.45, 2.75) is 142 Å². The first kappa shape index (κ1) is 52.6. The van der Waals surface area contributed by atoms with Crippen LogP contribution < -0.4 is 41.6 Å². The Morgan fingerprint density at radius 3 is 2.00 bits per heavy atom. The largest absolute Gasteiger partial charge is 0.352 e. The van der Waals surface area contributed by atoms with Gasteiger partial charge in [-0.05, 0) is 104 Å². The fraction of sp³-hybridized carbons (Fsp3) is 0.578. The van der Waals surface area contributed by atoms with E-state index in [1.165, 1.54) is 0 Å². The van der Waals surface area contributed by atoms with Gasteiger partial charge in [-0.25, -0.2) is 9.67 Å². The molecule has 2 aromatic carbocycles. The quantitative estimate of drug-likeness (QED) is 0.0762. The molecule has 63 heavy (non-hydrogen) atoms. The summed E-state index contributed by atoms with van der Waals surface area (Å²) in [7, 11) is 0. The molecule has 1 aliphatic heterocycles. The van der Waals surface area contributed by atoms with Crippen LogP contribution in [-0.4, -0.2) is 96.1 Å². The molecule has 16 nitrogen and oxygen atoms in total. The van der Waals surface area contributed by atoms with Gasteiger partial charge in [0.1, 0.15) is 18.1 Å². The molecular weight excluding hydrogens is 849 g/mol. The van der Waals surface area contributed by atoms with Crippen LogP contribution in [0.3, 0.4) is 0 Å². The molecule has 4 unspecified atom stereocenters. The first-order valence-electron chi connectivity index (χ1n) is 21.7. The van der Waals surface area contributed by atoms with E-state index in [1.807, 2.05) is 75.4 Å². The van der Waals surface area contributed by atoms with Crippen LogP contribution in [0.1, 0.15) is 116 Å². The standard InChI is InChI=1S/C36H56Cl2N8O6.C9H11NO/c1-20(2)29(42-31(48)21(3)44-37)35(52)46-18-17-24(19-46)39-28(47)16-15-27(33(50)40-26-14-10-12-23-11-8-9-13-25(23)26)41-34(51)30(36(5,6)7)43-32(49)22(4)45-38;1-8(10-7-11)9-5-3-2-4-6-9/h8-9,11,13,20-22,24,26-27,29-30,44-45H,10,12,14-19H2,1-7H3,(H,39,47)(H,40,50)(H,41,51)(H,42,48)(H,43,49);2-8H,1H3,(H,10,11)/t21-,22+,24-,26?,27+,29?,30?;/m0./s1. The molecule has 8 atom stereocenters. The van der Waals surface area contributed by atoms with Crippen molar-refractivity contribution in [3.63, 3.8) is 0 Å². The molecule has 1 heterocycles. The predicted molar refractivity (Wildman–Crippen MR) is 244 cm³/mol. The maximum absolute atomic E-state index is 13.9. The van der Waals surface area contributed by atoms with Gasteiger partial charge in [0.2, 0.25) is 41.9 Å². The maximum atomic E-state index is 13.9. The van der Waals surface area contributed by atoms with E-state index in [0.29, 0.717) is 13.0 Å². The molecule has 0 radical (unpaired) electrons. The van der Waals surface area contributed by atoms with E-state index >= 15 is 0 Å². The predicted octanol–water partition coefficient (Wildman–Crippen LogP) is 3.59. The van der Waals surface area contributed by atoms with Gasteiger partial charge in [0.25, 0.3) is 0 Å². The van der Waals surface area contributed by atoms with Crippen LogP contribution in [0.15, 0.2) is 54.6 Å². The average molecular weight is 917 g/mol. The van der Waals surface area contributed by atoms with Crippen molar-refractivity contribution in [3.8, 4) is 0 Å². The molecule has 1 saturated heterocycles. The van der Waals surface area contributed by atoms with Crippen molar-refractivity contribution < 1.29 is 33.6 Å². The summed E-state index contributed by atoms with van der Waals surface area (Å²) in [5.74, 6) is -2.66. The first-order valence-corrected chi connectivity index (χ1v) is 22.4. The van der Waals surface area contributed by atoms with Gasteiger partial charge >= 0.3 is 0 Å². The van der Waals surface area contributed by atoms with E-state index in [0.717, 1.165) is 42.4 Å². The van der Waals surface area contributed by atoms with Crippen LogP contribution in [0, 0.1) is 11.3 Å². The molecular formula is C45H67Cl2N9O7. The highest BCUT2D eigenvalue weighted by Crippen LogP contribution is 2.30. The Kier molecular flexibility index (Phi) is 21.3. The second-order valence-corrected chi connectivity index (χ2v) is 18.1. The van der Waals surface area contributed by atoms with Gasteiger partial charge in [-0.1, -0.05) is 89.2 Å². The second kappa shape index (κ2) is 25.5. The summed E-state index contributed by atoms with van der Waals surface area (Å²) in [5.41, 5.74) is 2.58. The van der Waals surface area contributed by atoms with Gasteiger partial charge in [-0.15, -0.1) is 0 Å². The van der Waals surface area contributed by atoms with E-state index in [9.17, 15) is 33.6 Å². The molecule has 1 fully saturated rings. The Labute approximate surface area is 382 Å². The number of rotatable bonds is 19. The van der Waals surface area contributed by atoms with Crippen LogP contribution in [0.4, 0.5) is 0 Å². The number of aryl methyl sites for hydroxylation is 1. The number of fused-ring (bicyclic) bond motifs is 1. The molecule has 0 bridgehead atoms. The molecule has 1 aliphatic carbocycles. The third kappa shape index (κ3) is 16.4. The first-order chi connectivity index (χ1) is 29.8. The summed E-state index contributed by atoms with van der Waals surface area (Å²) in [4.78, 5) is 95.8. The molecule has 7 amide bonds. The number of hydrogen-bond acceptors (Lipinski definition) is 9. The van der Waals surface area contributed by atoms with Crippen LogP contribution in [0.5, 0.6) is 0 Å². The average Bonchev–Trinajstić information content (AvgIpc) is 3.73. The number of carbonyl (C=O) groups is 7.